The standard InChI is InChI=1S/C10H10ClN3/c11-10-2-1-8(3-7(10)4-12)14-9-5-13-6-9/h1-3,9,13-14H,5-6H2. The van der Waals surface area contributed by atoms with E-state index in [0.29, 0.717) is 16.6 Å². The van der Waals surface area contributed by atoms with Gasteiger partial charge in [-0.1, -0.05) is 11.6 Å². The molecule has 0 amide bonds. The Bertz CT molecular complexity index is 379. The number of nitriles is 1. The third-order valence-electron chi connectivity index (χ3n) is 2.24. The number of halogens is 1. The maximum absolute atomic E-state index is 8.77. The van der Waals surface area contributed by atoms with Crippen molar-refractivity contribution < 1.29 is 0 Å². The van der Waals surface area contributed by atoms with Crippen molar-refractivity contribution in [3.63, 3.8) is 0 Å². The van der Waals surface area contributed by atoms with Crippen LogP contribution in [0.5, 0.6) is 0 Å². The van der Waals surface area contributed by atoms with Crippen LogP contribution in [0, 0.1) is 11.3 Å². The highest BCUT2D eigenvalue weighted by Gasteiger charge is 2.16. The molecule has 0 bridgehead atoms. The molecule has 0 aromatic heterocycles. The van der Waals surface area contributed by atoms with Crippen LogP contribution in [0.2, 0.25) is 5.02 Å². The van der Waals surface area contributed by atoms with E-state index in [0.717, 1.165) is 18.8 Å². The van der Waals surface area contributed by atoms with Crippen LogP contribution in [0.3, 0.4) is 0 Å². The van der Waals surface area contributed by atoms with Crippen molar-refractivity contribution in [1.82, 2.24) is 5.32 Å². The van der Waals surface area contributed by atoms with Crippen molar-refractivity contribution in [2.45, 2.75) is 6.04 Å². The first-order chi connectivity index (χ1) is 6.79. The molecule has 0 saturated carbocycles. The van der Waals surface area contributed by atoms with Crippen LogP contribution in [-0.2, 0) is 0 Å². The Hall–Kier alpha value is -1.24. The van der Waals surface area contributed by atoms with E-state index in [1.807, 2.05) is 6.07 Å². The van der Waals surface area contributed by atoms with Gasteiger partial charge in [0.2, 0.25) is 0 Å². The fourth-order valence-electron chi connectivity index (χ4n) is 1.33. The summed E-state index contributed by atoms with van der Waals surface area (Å²) in [5.41, 5.74) is 1.47. The molecule has 72 valence electrons. The van der Waals surface area contributed by atoms with E-state index in [-0.39, 0.29) is 0 Å². The second-order valence-electron chi connectivity index (χ2n) is 3.31. The quantitative estimate of drug-likeness (QED) is 0.775. The highest BCUT2D eigenvalue weighted by atomic mass is 35.5. The predicted octanol–water partition coefficient (Wildman–Crippen LogP) is 1.60. The zero-order chi connectivity index (χ0) is 9.97. The molecule has 1 aliphatic heterocycles. The number of anilines is 1. The molecular weight excluding hydrogens is 198 g/mol. The van der Waals surface area contributed by atoms with E-state index in [4.69, 9.17) is 16.9 Å². The Morgan fingerprint density at radius 3 is 2.86 bits per heavy atom. The zero-order valence-electron chi connectivity index (χ0n) is 7.55. The Balaban J connectivity index is 2.14. The average Bonchev–Trinajstić information content (AvgIpc) is 2.14. The first-order valence-electron chi connectivity index (χ1n) is 4.46. The maximum atomic E-state index is 8.77. The second kappa shape index (κ2) is 3.87. The van der Waals surface area contributed by atoms with Gasteiger partial charge in [-0.15, -0.1) is 0 Å². The molecule has 0 spiro atoms. The fraction of sp³-hybridized carbons (Fsp3) is 0.300. The molecule has 1 aliphatic rings. The zero-order valence-corrected chi connectivity index (χ0v) is 8.30. The Morgan fingerprint density at radius 1 is 1.50 bits per heavy atom. The van der Waals surface area contributed by atoms with Crippen molar-refractivity contribution in [1.29, 1.82) is 5.26 Å². The van der Waals surface area contributed by atoms with Crippen LogP contribution < -0.4 is 10.6 Å². The van der Waals surface area contributed by atoms with Gasteiger partial charge in [-0.25, -0.2) is 0 Å². The van der Waals surface area contributed by atoms with Gasteiger partial charge in [-0.3, -0.25) is 0 Å². The summed E-state index contributed by atoms with van der Waals surface area (Å²) in [5, 5.41) is 15.8. The van der Waals surface area contributed by atoms with E-state index >= 15 is 0 Å². The summed E-state index contributed by atoms with van der Waals surface area (Å²) in [7, 11) is 0. The average molecular weight is 208 g/mol. The lowest BCUT2D eigenvalue weighted by molar-refractivity contribution is 0.472. The maximum Gasteiger partial charge on any atom is 0.101 e. The van der Waals surface area contributed by atoms with Crippen LogP contribution in [0.15, 0.2) is 18.2 Å². The number of rotatable bonds is 2. The molecule has 0 radical (unpaired) electrons. The first-order valence-corrected chi connectivity index (χ1v) is 4.84. The molecule has 0 aliphatic carbocycles. The normalized spacial score (nSPS) is 15.7. The van der Waals surface area contributed by atoms with Crippen LogP contribution in [0.1, 0.15) is 5.56 Å². The van der Waals surface area contributed by atoms with Crippen LogP contribution in [0.4, 0.5) is 5.69 Å². The molecule has 1 heterocycles. The highest BCUT2D eigenvalue weighted by molar-refractivity contribution is 6.31. The Morgan fingerprint density at radius 2 is 2.29 bits per heavy atom. The molecule has 1 saturated heterocycles. The summed E-state index contributed by atoms with van der Waals surface area (Å²) in [6.45, 7) is 1.95. The molecule has 2 N–H and O–H groups in total. The molecule has 1 aromatic carbocycles. The second-order valence-corrected chi connectivity index (χ2v) is 3.71. The van der Waals surface area contributed by atoms with Crippen LogP contribution in [-0.4, -0.2) is 19.1 Å². The number of hydrogen-bond donors (Lipinski definition) is 2. The van der Waals surface area contributed by atoms with Gasteiger partial charge in [0.15, 0.2) is 0 Å². The summed E-state index contributed by atoms with van der Waals surface area (Å²) in [6.07, 6.45) is 0. The highest BCUT2D eigenvalue weighted by Crippen LogP contribution is 2.20. The Labute approximate surface area is 87.7 Å². The van der Waals surface area contributed by atoms with E-state index < -0.39 is 0 Å². The van der Waals surface area contributed by atoms with Gasteiger partial charge in [0.05, 0.1) is 16.6 Å². The SMILES string of the molecule is N#Cc1cc(NC2CNC2)ccc1Cl. The Kier molecular flexibility index (Phi) is 2.58. The third kappa shape index (κ3) is 1.82. The van der Waals surface area contributed by atoms with Gasteiger partial charge < -0.3 is 10.6 Å². The minimum Gasteiger partial charge on any atom is -0.380 e. The van der Waals surface area contributed by atoms with Crippen molar-refractivity contribution in [2.75, 3.05) is 18.4 Å². The van der Waals surface area contributed by atoms with E-state index in [2.05, 4.69) is 16.7 Å². The van der Waals surface area contributed by atoms with Crippen molar-refractivity contribution in [3.05, 3.63) is 28.8 Å². The summed E-state index contributed by atoms with van der Waals surface area (Å²) in [4.78, 5) is 0. The van der Waals surface area contributed by atoms with Gasteiger partial charge >= 0.3 is 0 Å². The number of benzene rings is 1. The molecule has 1 aromatic rings. The van der Waals surface area contributed by atoms with Crippen molar-refractivity contribution in [3.8, 4) is 6.07 Å². The van der Waals surface area contributed by atoms with Gasteiger partial charge in [0.25, 0.3) is 0 Å². The molecule has 0 atom stereocenters. The molecule has 4 heteroatoms. The van der Waals surface area contributed by atoms with Crippen molar-refractivity contribution >= 4 is 17.3 Å². The lowest BCUT2D eigenvalue weighted by atomic mass is 10.1. The number of nitrogens with one attached hydrogen (secondary N) is 2. The lowest BCUT2D eigenvalue weighted by Crippen LogP contribution is -2.51. The smallest absolute Gasteiger partial charge is 0.101 e. The fourth-order valence-corrected chi connectivity index (χ4v) is 1.49. The summed E-state index contributed by atoms with van der Waals surface area (Å²) < 4.78 is 0. The van der Waals surface area contributed by atoms with E-state index in [1.165, 1.54) is 0 Å². The minimum absolute atomic E-state index is 0.475. The first kappa shape index (κ1) is 9.32. The van der Waals surface area contributed by atoms with E-state index in [1.54, 1.807) is 12.1 Å². The third-order valence-corrected chi connectivity index (χ3v) is 2.57. The lowest BCUT2D eigenvalue weighted by Gasteiger charge is -2.29. The molecule has 3 nitrogen and oxygen atoms in total. The van der Waals surface area contributed by atoms with Gasteiger partial charge in [0, 0.05) is 18.8 Å². The van der Waals surface area contributed by atoms with Crippen molar-refractivity contribution in [2.24, 2.45) is 0 Å². The van der Waals surface area contributed by atoms with Crippen LogP contribution in [0.25, 0.3) is 0 Å². The molecule has 14 heavy (non-hydrogen) atoms. The van der Waals surface area contributed by atoms with E-state index in [9.17, 15) is 0 Å². The molecule has 0 unspecified atom stereocenters. The topological polar surface area (TPSA) is 47.9 Å². The molecule has 1 fully saturated rings. The van der Waals surface area contributed by atoms with Crippen LogP contribution >= 0.6 is 11.6 Å². The molecule has 2 rings (SSSR count). The predicted molar refractivity (Wildman–Crippen MR) is 56.4 cm³/mol. The number of nitrogens with zero attached hydrogens (tertiary/aromatic N) is 1. The minimum atomic E-state index is 0.475. The molecular formula is C10H10ClN3. The van der Waals surface area contributed by atoms with Gasteiger partial charge in [0.1, 0.15) is 6.07 Å². The summed E-state index contributed by atoms with van der Waals surface area (Å²) in [6, 6.07) is 7.95. The largest absolute Gasteiger partial charge is 0.380 e. The number of hydrogen-bond acceptors (Lipinski definition) is 3. The summed E-state index contributed by atoms with van der Waals surface area (Å²) >= 11 is 5.82. The van der Waals surface area contributed by atoms with Gasteiger partial charge in [-0.2, -0.15) is 5.26 Å². The summed E-state index contributed by atoms with van der Waals surface area (Å²) in [5.74, 6) is 0. The monoisotopic (exact) mass is 207 g/mol. The van der Waals surface area contributed by atoms with Gasteiger partial charge in [-0.05, 0) is 18.2 Å².